The fourth-order valence-corrected chi connectivity index (χ4v) is 2.22. The van der Waals surface area contributed by atoms with Crippen molar-refractivity contribution >= 4 is 16.0 Å². The summed E-state index contributed by atoms with van der Waals surface area (Å²) in [5.74, 6) is 0.471. The summed E-state index contributed by atoms with van der Waals surface area (Å²) in [7, 11) is -1.43. The van der Waals surface area contributed by atoms with E-state index in [9.17, 15) is 8.42 Å². The standard InChI is InChI=1S/C7H16N4O2S/c1-9-7(8)10-3-5-11(6-4-10)14(2,12)13/h3-6H2,1-2H3,(H2,8,9). The highest BCUT2D eigenvalue weighted by Crippen LogP contribution is 2.05. The van der Waals surface area contributed by atoms with Gasteiger partial charge in [-0.05, 0) is 0 Å². The maximum Gasteiger partial charge on any atom is 0.211 e. The van der Waals surface area contributed by atoms with E-state index in [2.05, 4.69) is 4.99 Å². The van der Waals surface area contributed by atoms with Crippen LogP contribution in [0.1, 0.15) is 0 Å². The Balaban J connectivity index is 2.55. The predicted molar refractivity (Wildman–Crippen MR) is 55.5 cm³/mol. The molecule has 0 bridgehead atoms. The zero-order chi connectivity index (χ0) is 10.8. The van der Waals surface area contributed by atoms with Crippen LogP contribution in [0.2, 0.25) is 0 Å². The molecule has 1 heterocycles. The lowest BCUT2D eigenvalue weighted by Crippen LogP contribution is -2.52. The highest BCUT2D eigenvalue weighted by molar-refractivity contribution is 7.88. The Morgan fingerprint density at radius 1 is 1.29 bits per heavy atom. The second-order valence-corrected chi connectivity index (χ2v) is 5.21. The summed E-state index contributed by atoms with van der Waals surface area (Å²) in [6, 6.07) is 0. The molecule has 0 aliphatic carbocycles. The van der Waals surface area contributed by atoms with Gasteiger partial charge in [0.05, 0.1) is 6.26 Å². The first kappa shape index (κ1) is 11.3. The van der Waals surface area contributed by atoms with Crippen LogP contribution in [0.15, 0.2) is 4.99 Å². The van der Waals surface area contributed by atoms with Crippen molar-refractivity contribution < 1.29 is 8.42 Å². The molecule has 14 heavy (non-hydrogen) atoms. The maximum atomic E-state index is 11.2. The molecular weight excluding hydrogens is 204 g/mol. The van der Waals surface area contributed by atoms with Gasteiger partial charge in [0.15, 0.2) is 5.96 Å². The summed E-state index contributed by atoms with van der Waals surface area (Å²) >= 11 is 0. The van der Waals surface area contributed by atoms with E-state index in [0.29, 0.717) is 32.1 Å². The number of sulfonamides is 1. The highest BCUT2D eigenvalue weighted by atomic mass is 32.2. The van der Waals surface area contributed by atoms with Gasteiger partial charge in [0, 0.05) is 33.2 Å². The molecule has 1 aliphatic rings. The zero-order valence-corrected chi connectivity index (χ0v) is 9.29. The molecule has 7 heteroatoms. The normalized spacial score (nSPS) is 21.3. The minimum Gasteiger partial charge on any atom is -0.370 e. The number of nitrogens with two attached hydrogens (primary N) is 1. The molecule has 0 amide bonds. The monoisotopic (exact) mass is 220 g/mol. The third-order valence-electron chi connectivity index (χ3n) is 2.26. The average molecular weight is 220 g/mol. The van der Waals surface area contributed by atoms with Crippen LogP contribution in [0.25, 0.3) is 0 Å². The summed E-state index contributed by atoms with van der Waals surface area (Å²) < 4.78 is 23.8. The van der Waals surface area contributed by atoms with Gasteiger partial charge in [-0.1, -0.05) is 0 Å². The van der Waals surface area contributed by atoms with Crippen LogP contribution in [0.3, 0.4) is 0 Å². The second kappa shape index (κ2) is 4.14. The predicted octanol–water partition coefficient (Wildman–Crippen LogP) is -1.49. The number of hydrogen-bond donors (Lipinski definition) is 1. The van der Waals surface area contributed by atoms with Crippen molar-refractivity contribution in [3.8, 4) is 0 Å². The molecule has 2 N–H and O–H groups in total. The second-order valence-electron chi connectivity index (χ2n) is 3.23. The SMILES string of the molecule is CN=C(N)N1CCN(S(C)(=O)=O)CC1. The number of rotatable bonds is 1. The number of hydrogen-bond acceptors (Lipinski definition) is 3. The molecule has 1 rings (SSSR count). The molecule has 0 aromatic carbocycles. The average Bonchev–Trinajstić information content (AvgIpc) is 2.15. The van der Waals surface area contributed by atoms with Crippen LogP contribution in [0.5, 0.6) is 0 Å². The first-order valence-corrected chi connectivity index (χ1v) is 6.22. The number of guanidine groups is 1. The summed E-state index contributed by atoms with van der Waals surface area (Å²) in [5.41, 5.74) is 5.61. The lowest BCUT2D eigenvalue weighted by atomic mass is 10.4. The van der Waals surface area contributed by atoms with Crippen LogP contribution in [0.4, 0.5) is 0 Å². The Morgan fingerprint density at radius 2 is 1.79 bits per heavy atom. The maximum absolute atomic E-state index is 11.2. The van der Waals surface area contributed by atoms with Gasteiger partial charge in [0.25, 0.3) is 0 Å². The summed E-state index contributed by atoms with van der Waals surface area (Å²) in [4.78, 5) is 5.73. The molecule has 0 radical (unpaired) electrons. The van der Waals surface area contributed by atoms with Crippen LogP contribution in [-0.4, -0.2) is 63.1 Å². The van der Waals surface area contributed by atoms with Crippen molar-refractivity contribution in [2.24, 2.45) is 10.7 Å². The highest BCUT2D eigenvalue weighted by Gasteiger charge is 2.23. The largest absolute Gasteiger partial charge is 0.370 e. The molecule has 0 atom stereocenters. The van der Waals surface area contributed by atoms with Gasteiger partial charge in [0.2, 0.25) is 10.0 Å². The van der Waals surface area contributed by atoms with Crippen molar-refractivity contribution in [1.82, 2.24) is 9.21 Å². The minimum atomic E-state index is -3.06. The van der Waals surface area contributed by atoms with Crippen molar-refractivity contribution in [3.63, 3.8) is 0 Å². The van der Waals surface area contributed by atoms with E-state index in [4.69, 9.17) is 5.73 Å². The summed E-state index contributed by atoms with van der Waals surface area (Å²) in [6.45, 7) is 2.18. The Kier molecular flexibility index (Phi) is 3.33. The van der Waals surface area contributed by atoms with Gasteiger partial charge < -0.3 is 10.6 Å². The van der Waals surface area contributed by atoms with E-state index in [-0.39, 0.29) is 0 Å². The van der Waals surface area contributed by atoms with Crippen molar-refractivity contribution in [2.45, 2.75) is 0 Å². The Morgan fingerprint density at radius 3 is 2.14 bits per heavy atom. The third-order valence-corrected chi connectivity index (χ3v) is 3.56. The van der Waals surface area contributed by atoms with Gasteiger partial charge in [-0.3, -0.25) is 4.99 Å². The van der Waals surface area contributed by atoms with Crippen LogP contribution >= 0.6 is 0 Å². The molecule has 0 unspecified atom stereocenters. The van der Waals surface area contributed by atoms with Crippen molar-refractivity contribution in [1.29, 1.82) is 0 Å². The Bertz CT molecular complexity index is 317. The first-order chi connectivity index (χ1) is 6.45. The number of piperazine rings is 1. The smallest absolute Gasteiger partial charge is 0.211 e. The lowest BCUT2D eigenvalue weighted by Gasteiger charge is -2.33. The summed E-state index contributed by atoms with van der Waals surface area (Å²) in [6.07, 6.45) is 1.22. The number of aliphatic imine (C=N–C) groups is 1. The van der Waals surface area contributed by atoms with E-state index in [1.165, 1.54) is 10.6 Å². The van der Waals surface area contributed by atoms with E-state index >= 15 is 0 Å². The molecule has 82 valence electrons. The third kappa shape index (κ3) is 2.58. The van der Waals surface area contributed by atoms with Gasteiger partial charge in [-0.25, -0.2) is 8.42 Å². The molecule has 0 saturated carbocycles. The lowest BCUT2D eigenvalue weighted by molar-refractivity contribution is 0.265. The zero-order valence-electron chi connectivity index (χ0n) is 8.47. The van der Waals surface area contributed by atoms with Gasteiger partial charge in [-0.15, -0.1) is 0 Å². The van der Waals surface area contributed by atoms with Gasteiger partial charge in [-0.2, -0.15) is 4.31 Å². The summed E-state index contributed by atoms with van der Waals surface area (Å²) in [5, 5.41) is 0. The Labute approximate surface area is 84.4 Å². The molecule has 1 aliphatic heterocycles. The van der Waals surface area contributed by atoms with Crippen molar-refractivity contribution in [2.75, 3.05) is 39.5 Å². The molecular formula is C7H16N4O2S. The Hall–Kier alpha value is -0.820. The molecule has 0 aromatic rings. The van der Waals surface area contributed by atoms with Gasteiger partial charge >= 0.3 is 0 Å². The molecule has 1 saturated heterocycles. The quantitative estimate of drug-likeness (QED) is 0.431. The van der Waals surface area contributed by atoms with E-state index in [1.54, 1.807) is 7.05 Å². The van der Waals surface area contributed by atoms with Crippen LogP contribution < -0.4 is 5.73 Å². The van der Waals surface area contributed by atoms with E-state index < -0.39 is 10.0 Å². The van der Waals surface area contributed by atoms with Crippen molar-refractivity contribution in [3.05, 3.63) is 0 Å². The molecule has 6 nitrogen and oxygen atoms in total. The first-order valence-electron chi connectivity index (χ1n) is 4.37. The number of nitrogens with zero attached hydrogens (tertiary/aromatic N) is 3. The molecule has 1 fully saturated rings. The van der Waals surface area contributed by atoms with Crippen LogP contribution in [0, 0.1) is 0 Å². The fraction of sp³-hybridized carbons (Fsp3) is 0.857. The molecule has 0 aromatic heterocycles. The van der Waals surface area contributed by atoms with Crippen LogP contribution in [-0.2, 0) is 10.0 Å². The van der Waals surface area contributed by atoms with E-state index in [0.717, 1.165) is 0 Å². The van der Waals surface area contributed by atoms with E-state index in [1.807, 2.05) is 4.90 Å². The van der Waals surface area contributed by atoms with Gasteiger partial charge in [0.1, 0.15) is 0 Å². The topological polar surface area (TPSA) is 79.0 Å². The molecule has 0 spiro atoms. The fourth-order valence-electron chi connectivity index (χ4n) is 1.39. The minimum absolute atomic E-state index is 0.471.